The Bertz CT molecular complexity index is 867. The molecule has 0 radical (unpaired) electrons. The zero-order chi connectivity index (χ0) is 17.6. The summed E-state index contributed by atoms with van der Waals surface area (Å²) >= 11 is 7.13. The number of nitrogens with one attached hydrogen (secondary N) is 2. The number of carbonyl (C=O) groups excluding carboxylic acids is 1. The van der Waals surface area contributed by atoms with E-state index >= 15 is 0 Å². The van der Waals surface area contributed by atoms with Crippen molar-refractivity contribution in [1.82, 2.24) is 15.2 Å². The Kier molecular flexibility index (Phi) is 5.57. The lowest BCUT2D eigenvalue weighted by Crippen LogP contribution is -2.14. The topological polar surface area (TPSA) is 79.9 Å². The Balaban J connectivity index is 1.56. The molecule has 3 rings (SSSR count). The van der Waals surface area contributed by atoms with Gasteiger partial charge >= 0.3 is 0 Å². The summed E-state index contributed by atoms with van der Waals surface area (Å²) in [5.41, 5.74) is 1.56. The first-order chi connectivity index (χ1) is 12.1. The van der Waals surface area contributed by atoms with Crippen molar-refractivity contribution in [3.63, 3.8) is 0 Å². The van der Waals surface area contributed by atoms with Crippen LogP contribution < -0.4 is 10.1 Å². The number of methoxy groups -OCH3 is 1. The standard InChI is InChI=1S/C17H15ClN4O2S/c1-24-14-4-2-3-13(9-14)19-15(23)10-25-17-20-16(21-22-17)11-5-7-12(18)8-6-11/h2-9H,10H2,1H3,(H,19,23)(H,20,21,22). The molecule has 0 aliphatic carbocycles. The molecular formula is C17H15ClN4O2S. The van der Waals surface area contributed by atoms with Crippen LogP contribution in [0.2, 0.25) is 5.02 Å². The van der Waals surface area contributed by atoms with Crippen LogP contribution in [0.5, 0.6) is 5.75 Å². The zero-order valence-corrected chi connectivity index (χ0v) is 14.9. The molecule has 1 heterocycles. The van der Waals surface area contributed by atoms with Crippen LogP contribution in [0.1, 0.15) is 0 Å². The number of aromatic nitrogens is 3. The molecule has 0 saturated carbocycles. The van der Waals surface area contributed by atoms with Crippen LogP contribution >= 0.6 is 23.4 Å². The molecule has 0 fully saturated rings. The van der Waals surface area contributed by atoms with Crippen LogP contribution in [0.3, 0.4) is 0 Å². The number of thioether (sulfide) groups is 1. The number of halogens is 1. The van der Waals surface area contributed by atoms with Crippen LogP contribution in [-0.2, 0) is 4.79 Å². The molecule has 0 aliphatic rings. The van der Waals surface area contributed by atoms with E-state index in [0.717, 1.165) is 5.56 Å². The lowest BCUT2D eigenvalue weighted by Gasteiger charge is -2.06. The van der Waals surface area contributed by atoms with Crippen LogP contribution in [0, 0.1) is 0 Å². The number of hydrogen-bond donors (Lipinski definition) is 2. The van der Waals surface area contributed by atoms with Crippen LogP contribution in [0.4, 0.5) is 5.69 Å². The van der Waals surface area contributed by atoms with Crippen molar-refractivity contribution in [1.29, 1.82) is 0 Å². The molecule has 6 nitrogen and oxygen atoms in total. The van der Waals surface area contributed by atoms with Crippen LogP contribution in [0.25, 0.3) is 11.4 Å². The Morgan fingerprint density at radius 1 is 1.28 bits per heavy atom. The second-order valence-corrected chi connectivity index (χ2v) is 6.42. The summed E-state index contributed by atoms with van der Waals surface area (Å²) < 4.78 is 5.13. The molecule has 25 heavy (non-hydrogen) atoms. The lowest BCUT2D eigenvalue weighted by atomic mass is 10.2. The number of amides is 1. The van der Waals surface area contributed by atoms with Gasteiger partial charge in [-0.25, -0.2) is 4.98 Å². The molecule has 0 unspecified atom stereocenters. The molecule has 0 bridgehead atoms. The van der Waals surface area contributed by atoms with E-state index in [1.54, 1.807) is 31.4 Å². The summed E-state index contributed by atoms with van der Waals surface area (Å²) in [5, 5.41) is 10.9. The number of aromatic amines is 1. The van der Waals surface area contributed by atoms with Crippen LogP contribution in [-0.4, -0.2) is 34.0 Å². The lowest BCUT2D eigenvalue weighted by molar-refractivity contribution is -0.113. The van der Waals surface area contributed by atoms with E-state index in [9.17, 15) is 4.79 Å². The summed E-state index contributed by atoms with van der Waals surface area (Å²) in [6.07, 6.45) is 0. The third-order valence-corrected chi connectivity index (χ3v) is 4.37. The zero-order valence-electron chi connectivity index (χ0n) is 13.3. The third-order valence-electron chi connectivity index (χ3n) is 3.27. The van der Waals surface area contributed by atoms with Gasteiger partial charge in [-0.3, -0.25) is 9.89 Å². The fourth-order valence-electron chi connectivity index (χ4n) is 2.08. The third kappa shape index (κ3) is 4.74. The summed E-state index contributed by atoms with van der Waals surface area (Å²) in [5.74, 6) is 1.38. The molecule has 1 aromatic heterocycles. The van der Waals surface area contributed by atoms with Gasteiger partial charge in [0.2, 0.25) is 11.1 Å². The van der Waals surface area contributed by atoms with Gasteiger partial charge < -0.3 is 10.1 Å². The first-order valence-corrected chi connectivity index (χ1v) is 8.75. The maximum Gasteiger partial charge on any atom is 0.234 e. The first kappa shape index (κ1) is 17.3. The summed E-state index contributed by atoms with van der Waals surface area (Å²) in [6, 6.07) is 14.5. The maximum atomic E-state index is 12.0. The monoisotopic (exact) mass is 374 g/mol. The minimum Gasteiger partial charge on any atom is -0.497 e. The minimum atomic E-state index is -0.143. The van der Waals surface area contributed by atoms with Crippen molar-refractivity contribution in [3.05, 3.63) is 53.6 Å². The van der Waals surface area contributed by atoms with E-state index in [-0.39, 0.29) is 11.7 Å². The number of nitrogens with zero attached hydrogens (tertiary/aromatic N) is 2. The molecule has 1 amide bonds. The Labute approximate surface area is 154 Å². The van der Waals surface area contributed by atoms with Gasteiger partial charge in [-0.05, 0) is 36.4 Å². The van der Waals surface area contributed by atoms with E-state index in [4.69, 9.17) is 16.3 Å². The van der Waals surface area contributed by atoms with Crippen LogP contribution in [0.15, 0.2) is 53.7 Å². The van der Waals surface area contributed by atoms with Crippen molar-refractivity contribution in [2.45, 2.75) is 5.16 Å². The largest absolute Gasteiger partial charge is 0.497 e. The molecule has 128 valence electrons. The number of rotatable bonds is 6. The highest BCUT2D eigenvalue weighted by Gasteiger charge is 2.09. The predicted octanol–water partition coefficient (Wildman–Crippen LogP) is 3.86. The number of benzene rings is 2. The van der Waals surface area contributed by atoms with Gasteiger partial charge in [0.1, 0.15) is 5.75 Å². The van der Waals surface area contributed by atoms with Gasteiger partial charge in [0.25, 0.3) is 0 Å². The van der Waals surface area contributed by atoms with E-state index < -0.39 is 0 Å². The Morgan fingerprint density at radius 2 is 2.08 bits per heavy atom. The SMILES string of the molecule is COc1cccc(NC(=O)CSc2n[nH]c(-c3ccc(Cl)cc3)n2)c1. The number of carbonyl (C=O) groups is 1. The summed E-state index contributed by atoms with van der Waals surface area (Å²) in [7, 11) is 1.58. The molecule has 3 aromatic rings. The second kappa shape index (κ2) is 8.04. The normalized spacial score (nSPS) is 10.5. The molecule has 0 saturated heterocycles. The highest BCUT2D eigenvalue weighted by Crippen LogP contribution is 2.21. The van der Waals surface area contributed by atoms with E-state index in [1.807, 2.05) is 24.3 Å². The second-order valence-electron chi connectivity index (χ2n) is 5.04. The molecule has 2 N–H and O–H groups in total. The van der Waals surface area contributed by atoms with E-state index in [0.29, 0.717) is 27.4 Å². The molecule has 2 aromatic carbocycles. The molecule has 0 atom stereocenters. The van der Waals surface area contributed by atoms with Gasteiger partial charge in [0.15, 0.2) is 5.82 Å². The van der Waals surface area contributed by atoms with Crippen molar-refractivity contribution >= 4 is 35.0 Å². The van der Waals surface area contributed by atoms with Gasteiger partial charge in [-0.1, -0.05) is 29.4 Å². The molecule has 0 spiro atoms. The number of ether oxygens (including phenoxy) is 1. The van der Waals surface area contributed by atoms with Crippen molar-refractivity contribution < 1.29 is 9.53 Å². The minimum absolute atomic E-state index is 0.143. The highest BCUT2D eigenvalue weighted by atomic mass is 35.5. The Hall–Kier alpha value is -2.51. The summed E-state index contributed by atoms with van der Waals surface area (Å²) in [6.45, 7) is 0. The van der Waals surface area contributed by atoms with Crippen molar-refractivity contribution in [2.75, 3.05) is 18.2 Å². The first-order valence-electron chi connectivity index (χ1n) is 7.39. The number of anilines is 1. The van der Waals surface area contributed by atoms with E-state index in [1.165, 1.54) is 11.8 Å². The molecule has 0 aliphatic heterocycles. The fourth-order valence-corrected chi connectivity index (χ4v) is 2.80. The van der Waals surface area contributed by atoms with Gasteiger partial charge in [-0.2, -0.15) is 0 Å². The van der Waals surface area contributed by atoms with Gasteiger partial charge in [0.05, 0.1) is 12.9 Å². The van der Waals surface area contributed by atoms with Crippen molar-refractivity contribution in [2.24, 2.45) is 0 Å². The van der Waals surface area contributed by atoms with E-state index in [2.05, 4.69) is 20.5 Å². The number of H-pyrrole nitrogens is 1. The number of hydrogen-bond acceptors (Lipinski definition) is 5. The predicted molar refractivity (Wildman–Crippen MR) is 99.2 cm³/mol. The molecular weight excluding hydrogens is 360 g/mol. The van der Waals surface area contributed by atoms with Gasteiger partial charge in [-0.15, -0.1) is 5.10 Å². The maximum absolute atomic E-state index is 12.0. The average Bonchev–Trinajstić information content (AvgIpc) is 3.10. The fraction of sp³-hybridized carbons (Fsp3) is 0.118. The van der Waals surface area contributed by atoms with Crippen molar-refractivity contribution in [3.8, 4) is 17.1 Å². The Morgan fingerprint density at radius 3 is 2.84 bits per heavy atom. The highest BCUT2D eigenvalue weighted by molar-refractivity contribution is 7.99. The average molecular weight is 375 g/mol. The quantitative estimate of drug-likeness (QED) is 0.640. The van der Waals surface area contributed by atoms with Gasteiger partial charge in [0, 0.05) is 22.3 Å². The smallest absolute Gasteiger partial charge is 0.234 e. The summed E-state index contributed by atoms with van der Waals surface area (Å²) in [4.78, 5) is 16.4. The molecule has 8 heteroatoms.